The third-order valence-corrected chi connectivity index (χ3v) is 2.26. The Hall–Kier alpha value is -0.970. The lowest BCUT2D eigenvalue weighted by Crippen LogP contribution is -2.40. The van der Waals surface area contributed by atoms with Gasteiger partial charge in [0.2, 0.25) is 0 Å². The van der Waals surface area contributed by atoms with Crippen molar-refractivity contribution in [3.63, 3.8) is 0 Å². The summed E-state index contributed by atoms with van der Waals surface area (Å²) in [7, 11) is 0. The summed E-state index contributed by atoms with van der Waals surface area (Å²) in [6, 6.07) is 4.75. The number of rotatable bonds is 3. The minimum absolute atomic E-state index is 0.347. The molecule has 1 aromatic rings. The van der Waals surface area contributed by atoms with Gasteiger partial charge in [-0.3, -0.25) is 10.2 Å². The number of carbonyl (C=O) groups excluding carboxylic acids is 1. The first-order valence-electron chi connectivity index (χ1n) is 4.16. The van der Waals surface area contributed by atoms with E-state index in [1.54, 1.807) is 19.1 Å². The van der Waals surface area contributed by atoms with Crippen molar-refractivity contribution in [3.8, 4) is 5.75 Å². The number of nitrogens with one attached hydrogen (secondary N) is 1. The zero-order valence-corrected chi connectivity index (χ0v) is 9.47. The molecule has 82 valence electrons. The van der Waals surface area contributed by atoms with Crippen LogP contribution in [0.4, 0.5) is 0 Å². The van der Waals surface area contributed by atoms with Crippen LogP contribution < -0.4 is 16.0 Å². The molecule has 1 aromatic carbocycles. The summed E-state index contributed by atoms with van der Waals surface area (Å²) in [4.78, 5) is 11.1. The monoisotopic (exact) mass is 248 g/mol. The molecule has 6 heteroatoms. The van der Waals surface area contributed by atoms with Crippen LogP contribution in [0.1, 0.15) is 6.92 Å². The van der Waals surface area contributed by atoms with Crippen molar-refractivity contribution in [3.05, 3.63) is 28.2 Å². The van der Waals surface area contributed by atoms with Crippen LogP contribution in [0.5, 0.6) is 5.75 Å². The first-order chi connectivity index (χ1) is 7.04. The predicted octanol–water partition coefficient (Wildman–Crippen LogP) is 1.75. The van der Waals surface area contributed by atoms with Gasteiger partial charge in [0.1, 0.15) is 5.75 Å². The Morgan fingerprint density at radius 3 is 2.80 bits per heavy atom. The van der Waals surface area contributed by atoms with Gasteiger partial charge in [0.05, 0.1) is 5.02 Å². The van der Waals surface area contributed by atoms with Gasteiger partial charge in [0.15, 0.2) is 6.10 Å². The first-order valence-corrected chi connectivity index (χ1v) is 4.92. The molecule has 0 aliphatic rings. The number of hydrazine groups is 1. The maximum Gasteiger partial charge on any atom is 0.274 e. The Balaban J connectivity index is 2.80. The average Bonchev–Trinajstić information content (AvgIpc) is 2.22. The van der Waals surface area contributed by atoms with E-state index < -0.39 is 12.0 Å². The van der Waals surface area contributed by atoms with E-state index in [9.17, 15) is 4.79 Å². The van der Waals surface area contributed by atoms with Gasteiger partial charge >= 0.3 is 0 Å². The van der Waals surface area contributed by atoms with E-state index in [1.807, 2.05) is 5.43 Å². The summed E-state index contributed by atoms with van der Waals surface area (Å²) in [5, 5.41) is 0.867. The van der Waals surface area contributed by atoms with Gasteiger partial charge in [-0.05, 0) is 19.1 Å². The van der Waals surface area contributed by atoms with Crippen LogP contribution in [-0.2, 0) is 4.79 Å². The summed E-state index contributed by atoms with van der Waals surface area (Å²) < 4.78 is 5.27. The van der Waals surface area contributed by atoms with Crippen LogP contribution >= 0.6 is 23.2 Å². The van der Waals surface area contributed by atoms with E-state index in [4.69, 9.17) is 33.8 Å². The summed E-state index contributed by atoms with van der Waals surface area (Å²) in [6.07, 6.45) is -0.731. The Morgan fingerprint density at radius 1 is 1.53 bits per heavy atom. The summed E-state index contributed by atoms with van der Waals surface area (Å²) in [5.74, 6) is 4.86. The smallest absolute Gasteiger partial charge is 0.274 e. The molecule has 0 saturated heterocycles. The Labute approximate surface area is 97.3 Å². The van der Waals surface area contributed by atoms with Crippen molar-refractivity contribution in [1.82, 2.24) is 5.43 Å². The lowest BCUT2D eigenvalue weighted by atomic mass is 10.3. The molecule has 1 amide bonds. The molecular formula is C9H10Cl2N2O2. The standard InChI is InChI=1S/C9H10Cl2N2O2/c1-5(9(14)13-12)15-8-4-6(10)2-3-7(8)11/h2-5H,12H2,1H3,(H,13,14)/t5-/m0/s1. The molecule has 15 heavy (non-hydrogen) atoms. The topological polar surface area (TPSA) is 64.3 Å². The Bertz CT molecular complexity index is 371. The van der Waals surface area contributed by atoms with Crippen LogP contribution in [0.3, 0.4) is 0 Å². The predicted molar refractivity (Wildman–Crippen MR) is 58.9 cm³/mol. The molecule has 3 N–H and O–H groups in total. The Kier molecular flexibility index (Phi) is 4.20. The molecule has 0 unspecified atom stereocenters. The van der Waals surface area contributed by atoms with Crippen molar-refractivity contribution in [2.24, 2.45) is 5.84 Å². The molecule has 0 aromatic heterocycles. The zero-order chi connectivity index (χ0) is 11.4. The van der Waals surface area contributed by atoms with E-state index in [1.165, 1.54) is 6.07 Å². The van der Waals surface area contributed by atoms with Gasteiger partial charge < -0.3 is 4.74 Å². The van der Waals surface area contributed by atoms with E-state index in [-0.39, 0.29) is 0 Å². The normalized spacial score (nSPS) is 12.0. The molecule has 4 nitrogen and oxygen atoms in total. The molecule has 0 fully saturated rings. The molecule has 0 aliphatic heterocycles. The van der Waals surface area contributed by atoms with E-state index >= 15 is 0 Å². The SMILES string of the molecule is C[C@H](Oc1cc(Cl)ccc1Cl)C(=O)NN. The highest BCUT2D eigenvalue weighted by molar-refractivity contribution is 6.34. The summed E-state index contributed by atoms with van der Waals surface area (Å²) in [6.45, 7) is 1.55. The van der Waals surface area contributed by atoms with Crippen LogP contribution in [0.25, 0.3) is 0 Å². The third-order valence-electron chi connectivity index (χ3n) is 1.71. The second-order valence-electron chi connectivity index (χ2n) is 2.84. The third kappa shape index (κ3) is 3.27. The average molecular weight is 249 g/mol. The quantitative estimate of drug-likeness (QED) is 0.487. The fraction of sp³-hybridized carbons (Fsp3) is 0.222. The van der Waals surface area contributed by atoms with Crippen LogP contribution in [0.2, 0.25) is 10.0 Å². The Morgan fingerprint density at radius 2 is 2.20 bits per heavy atom. The van der Waals surface area contributed by atoms with E-state index in [0.717, 1.165) is 0 Å². The molecule has 0 spiro atoms. The molecule has 0 aliphatic carbocycles. The van der Waals surface area contributed by atoms with Gasteiger partial charge in [-0.15, -0.1) is 0 Å². The fourth-order valence-corrected chi connectivity index (χ4v) is 1.25. The molecule has 0 radical (unpaired) electrons. The number of carbonyl (C=O) groups is 1. The van der Waals surface area contributed by atoms with Crippen LogP contribution in [0.15, 0.2) is 18.2 Å². The summed E-state index contributed by atoms with van der Waals surface area (Å²) >= 11 is 11.6. The van der Waals surface area contributed by atoms with E-state index in [2.05, 4.69) is 0 Å². The molecular weight excluding hydrogens is 239 g/mol. The zero-order valence-electron chi connectivity index (χ0n) is 7.96. The fourth-order valence-electron chi connectivity index (χ4n) is 0.929. The summed E-state index contributed by atoms with van der Waals surface area (Å²) in [5.41, 5.74) is 1.98. The molecule has 0 bridgehead atoms. The van der Waals surface area contributed by atoms with Gasteiger partial charge in [-0.2, -0.15) is 0 Å². The van der Waals surface area contributed by atoms with Gasteiger partial charge in [0, 0.05) is 11.1 Å². The number of hydrogen-bond donors (Lipinski definition) is 2. The lowest BCUT2D eigenvalue weighted by molar-refractivity contribution is -0.127. The first kappa shape index (κ1) is 12.1. The maximum atomic E-state index is 11.1. The van der Waals surface area contributed by atoms with Gasteiger partial charge in [-0.1, -0.05) is 23.2 Å². The van der Waals surface area contributed by atoms with Crippen LogP contribution in [0, 0.1) is 0 Å². The van der Waals surface area contributed by atoms with Crippen molar-refractivity contribution in [2.75, 3.05) is 0 Å². The van der Waals surface area contributed by atoms with E-state index in [0.29, 0.717) is 15.8 Å². The number of hydrogen-bond acceptors (Lipinski definition) is 3. The van der Waals surface area contributed by atoms with Crippen molar-refractivity contribution in [1.29, 1.82) is 0 Å². The number of amides is 1. The highest BCUT2D eigenvalue weighted by atomic mass is 35.5. The number of nitrogens with two attached hydrogens (primary N) is 1. The highest BCUT2D eigenvalue weighted by Gasteiger charge is 2.14. The number of ether oxygens (including phenoxy) is 1. The van der Waals surface area contributed by atoms with Gasteiger partial charge in [-0.25, -0.2) is 5.84 Å². The molecule has 0 saturated carbocycles. The van der Waals surface area contributed by atoms with Crippen molar-refractivity contribution < 1.29 is 9.53 Å². The molecule has 0 heterocycles. The largest absolute Gasteiger partial charge is 0.479 e. The highest BCUT2D eigenvalue weighted by Crippen LogP contribution is 2.28. The molecule has 1 rings (SSSR count). The molecule has 1 atom stereocenters. The van der Waals surface area contributed by atoms with Crippen molar-refractivity contribution in [2.45, 2.75) is 13.0 Å². The second kappa shape index (κ2) is 5.21. The van der Waals surface area contributed by atoms with Crippen molar-refractivity contribution >= 4 is 29.1 Å². The van der Waals surface area contributed by atoms with Crippen LogP contribution in [-0.4, -0.2) is 12.0 Å². The lowest BCUT2D eigenvalue weighted by Gasteiger charge is -2.14. The second-order valence-corrected chi connectivity index (χ2v) is 3.69. The maximum absolute atomic E-state index is 11.1. The number of halogens is 2. The minimum Gasteiger partial charge on any atom is -0.479 e. The van der Waals surface area contributed by atoms with Gasteiger partial charge in [0.25, 0.3) is 5.91 Å². The number of benzene rings is 1. The minimum atomic E-state index is -0.731.